The standard InChI is InChI=1S/C50H52Cl2F4N6O7S/c1-49(2,3)26-40-50(28-57,33-11-9-30(51)25-36(33)54)41(32-6-5-7-34(52)42(32)55)44(61-40)47(64)59-37-13-8-29(24-39(37)65-4)46(63)58-14-17-66-20-21-68-22-23-69-45-31(10-12-35(53)43(45)56)38-27-70-48(60-38)62-15-18-67-19-16-62/h5-13,24-25,27,40-41,44,61H,14-23,26H2,1-4H3,(H,58,63)(H,59,64)/t40?,41?,44-,50?/m0/s1. The van der Waals surface area contributed by atoms with Crippen molar-refractivity contribution in [2.45, 2.75) is 50.6 Å². The Morgan fingerprint density at radius 1 is 0.957 bits per heavy atom. The molecule has 0 bridgehead atoms. The summed E-state index contributed by atoms with van der Waals surface area (Å²) >= 11 is 13.8. The number of benzene rings is 4. The van der Waals surface area contributed by atoms with Gasteiger partial charge in [-0.1, -0.05) is 62.2 Å². The summed E-state index contributed by atoms with van der Waals surface area (Å²) < 4.78 is 89.1. The third-order valence-electron chi connectivity index (χ3n) is 11.9. The Bertz CT molecular complexity index is 2720. The molecule has 2 fully saturated rings. The van der Waals surface area contributed by atoms with Gasteiger partial charge in [-0.15, -0.1) is 11.3 Å². The summed E-state index contributed by atoms with van der Waals surface area (Å²) in [5.41, 5.74) is -1.23. The number of methoxy groups -OCH3 is 1. The number of aromatic nitrogens is 1. The molecule has 0 radical (unpaired) electrons. The molecule has 2 aliphatic rings. The summed E-state index contributed by atoms with van der Waals surface area (Å²) in [6.45, 7) is 8.94. The SMILES string of the molecule is COc1cc(C(=O)NCCOCCOCCOc2c(-c3csc(N4CCOCC4)n3)ccc(F)c2F)ccc1NC(=O)[C@H]1NC(CC(C)(C)C)C(C#N)(c2ccc(Cl)cc2F)C1c1cccc(Cl)c1F. The van der Waals surface area contributed by atoms with Gasteiger partial charge in [0.25, 0.3) is 5.91 Å². The van der Waals surface area contributed by atoms with Crippen LogP contribution < -0.4 is 30.3 Å². The summed E-state index contributed by atoms with van der Waals surface area (Å²) in [6, 6.07) is 15.2. The minimum absolute atomic E-state index is 0.0589. The van der Waals surface area contributed by atoms with E-state index in [9.17, 15) is 23.6 Å². The van der Waals surface area contributed by atoms with Gasteiger partial charge >= 0.3 is 0 Å². The zero-order valence-corrected chi connectivity index (χ0v) is 41.1. The maximum absolute atomic E-state index is 16.1. The number of rotatable bonds is 19. The van der Waals surface area contributed by atoms with E-state index in [4.69, 9.17) is 46.9 Å². The Kier molecular flexibility index (Phi) is 17.3. The fourth-order valence-corrected chi connectivity index (χ4v) is 9.95. The van der Waals surface area contributed by atoms with Crippen LogP contribution in [0.25, 0.3) is 11.3 Å². The first-order chi connectivity index (χ1) is 33.6. The predicted octanol–water partition coefficient (Wildman–Crippen LogP) is 9.32. The molecule has 70 heavy (non-hydrogen) atoms. The third-order valence-corrected chi connectivity index (χ3v) is 13.4. The molecule has 1 aromatic heterocycles. The molecule has 2 aliphatic heterocycles. The smallest absolute Gasteiger partial charge is 0.251 e. The molecule has 7 rings (SSSR count). The number of carbonyl (C=O) groups excluding carboxylic acids is 2. The lowest BCUT2D eigenvalue weighted by atomic mass is 9.62. The first-order valence-electron chi connectivity index (χ1n) is 22.4. The fourth-order valence-electron chi connectivity index (χ4n) is 8.73. The lowest BCUT2D eigenvalue weighted by molar-refractivity contribution is -0.118. The quantitative estimate of drug-likeness (QED) is 0.0535. The molecule has 0 spiro atoms. The van der Waals surface area contributed by atoms with Gasteiger partial charge in [0.05, 0.1) is 75.3 Å². The number of carbonyl (C=O) groups is 2. The normalized spacial score (nSPS) is 19.2. The monoisotopic (exact) mass is 1030 g/mol. The number of nitriles is 1. The molecular weight excluding hydrogens is 976 g/mol. The maximum atomic E-state index is 16.1. The van der Waals surface area contributed by atoms with Crippen molar-refractivity contribution in [2.24, 2.45) is 5.41 Å². The maximum Gasteiger partial charge on any atom is 0.251 e. The van der Waals surface area contributed by atoms with Crippen molar-refractivity contribution < 1.29 is 50.8 Å². The molecule has 20 heteroatoms. The number of anilines is 2. The second-order valence-corrected chi connectivity index (χ2v) is 19.5. The molecule has 2 saturated heterocycles. The lowest BCUT2D eigenvalue weighted by Crippen LogP contribution is -2.45. The van der Waals surface area contributed by atoms with E-state index < -0.39 is 63.9 Å². The second kappa shape index (κ2) is 23.1. The van der Waals surface area contributed by atoms with Crippen molar-refractivity contribution in [1.29, 1.82) is 5.26 Å². The average Bonchev–Trinajstić information content (AvgIpc) is 3.95. The molecule has 2 amide bonds. The van der Waals surface area contributed by atoms with E-state index in [1.807, 2.05) is 20.8 Å². The van der Waals surface area contributed by atoms with Crippen LogP contribution in [0.15, 0.2) is 72.1 Å². The van der Waals surface area contributed by atoms with Crippen molar-refractivity contribution in [3.8, 4) is 28.8 Å². The summed E-state index contributed by atoms with van der Waals surface area (Å²) in [6.07, 6.45) is 0.280. The zero-order valence-electron chi connectivity index (χ0n) is 38.8. The molecular formula is C50H52Cl2F4N6O7S. The average molecular weight is 1030 g/mol. The number of halogens is 6. The second-order valence-electron chi connectivity index (χ2n) is 17.8. The minimum Gasteiger partial charge on any atom is -0.495 e. The number of nitrogens with zero attached hydrogens (tertiary/aromatic N) is 3. The van der Waals surface area contributed by atoms with Crippen LogP contribution in [0, 0.1) is 40.0 Å². The highest BCUT2D eigenvalue weighted by molar-refractivity contribution is 7.14. The van der Waals surface area contributed by atoms with Crippen LogP contribution in [0.2, 0.25) is 10.0 Å². The Morgan fingerprint density at radius 3 is 2.41 bits per heavy atom. The molecule has 0 saturated carbocycles. The first kappa shape index (κ1) is 52.3. The zero-order chi connectivity index (χ0) is 50.2. The Morgan fingerprint density at radius 2 is 1.70 bits per heavy atom. The van der Waals surface area contributed by atoms with Gasteiger partial charge in [0.2, 0.25) is 11.7 Å². The predicted molar refractivity (Wildman–Crippen MR) is 259 cm³/mol. The molecule has 3 N–H and O–H groups in total. The Balaban J connectivity index is 0.928. The van der Waals surface area contributed by atoms with Crippen LogP contribution >= 0.6 is 34.5 Å². The van der Waals surface area contributed by atoms with Crippen molar-refractivity contribution in [3.05, 3.63) is 122 Å². The third kappa shape index (κ3) is 11.8. The molecule has 0 aliphatic carbocycles. The van der Waals surface area contributed by atoms with Crippen molar-refractivity contribution in [3.63, 3.8) is 0 Å². The number of morpholine rings is 1. The molecule has 13 nitrogen and oxygen atoms in total. The highest BCUT2D eigenvalue weighted by Crippen LogP contribution is 2.53. The molecule has 4 aromatic carbocycles. The van der Waals surface area contributed by atoms with Gasteiger partial charge < -0.3 is 44.5 Å². The molecule has 3 heterocycles. The topological polar surface area (TPSA) is 156 Å². The van der Waals surface area contributed by atoms with E-state index in [1.54, 1.807) is 5.38 Å². The van der Waals surface area contributed by atoms with Gasteiger partial charge in [-0.05, 0) is 65.9 Å². The Hall–Kier alpha value is -5.52. The summed E-state index contributed by atoms with van der Waals surface area (Å²) in [7, 11) is 1.36. The van der Waals surface area contributed by atoms with Gasteiger partial charge in [-0.3, -0.25) is 9.59 Å². The van der Waals surface area contributed by atoms with Crippen molar-refractivity contribution in [2.75, 3.05) is 83.2 Å². The molecule has 3 unspecified atom stereocenters. The van der Waals surface area contributed by atoms with Crippen molar-refractivity contribution >= 4 is 57.2 Å². The van der Waals surface area contributed by atoms with Gasteiger partial charge in [0.15, 0.2) is 16.7 Å². The van der Waals surface area contributed by atoms with Crippen LogP contribution in [0.3, 0.4) is 0 Å². The number of amides is 2. The number of thiazole rings is 1. The first-order valence-corrected chi connectivity index (χ1v) is 24.1. The number of hydrogen-bond acceptors (Lipinski definition) is 12. The molecule has 5 aromatic rings. The Labute approximate surface area is 417 Å². The largest absolute Gasteiger partial charge is 0.495 e. The van der Waals surface area contributed by atoms with E-state index >= 15 is 8.78 Å². The summed E-state index contributed by atoms with van der Waals surface area (Å²) in [4.78, 5) is 34.4. The number of hydrogen-bond donors (Lipinski definition) is 3. The minimum atomic E-state index is -1.83. The van der Waals surface area contributed by atoms with Gasteiger partial charge in [-0.25, -0.2) is 18.2 Å². The number of nitrogens with one attached hydrogen (secondary N) is 3. The van der Waals surface area contributed by atoms with E-state index in [1.165, 1.54) is 73.0 Å². The van der Waals surface area contributed by atoms with Crippen LogP contribution in [0.1, 0.15) is 54.6 Å². The van der Waals surface area contributed by atoms with E-state index in [0.29, 0.717) is 37.6 Å². The van der Waals surface area contributed by atoms with Crippen LogP contribution in [0.4, 0.5) is 28.4 Å². The lowest BCUT2D eigenvalue weighted by Gasteiger charge is -2.37. The van der Waals surface area contributed by atoms with E-state index in [0.717, 1.165) is 17.3 Å². The van der Waals surface area contributed by atoms with Crippen molar-refractivity contribution in [1.82, 2.24) is 15.6 Å². The fraction of sp³-hybridized carbons (Fsp3) is 0.400. The highest BCUT2D eigenvalue weighted by Gasteiger charge is 2.61. The number of ether oxygens (including phenoxy) is 5. The summed E-state index contributed by atoms with van der Waals surface area (Å²) in [5, 5.41) is 22.4. The van der Waals surface area contributed by atoms with E-state index in [-0.39, 0.29) is 89.9 Å². The molecule has 4 atom stereocenters. The van der Waals surface area contributed by atoms with E-state index in [2.05, 4.69) is 31.9 Å². The van der Waals surface area contributed by atoms with Gasteiger partial charge in [0, 0.05) is 58.7 Å². The van der Waals surface area contributed by atoms with Gasteiger partial charge in [-0.2, -0.15) is 9.65 Å². The van der Waals surface area contributed by atoms with Crippen LogP contribution in [-0.4, -0.2) is 102 Å². The molecule has 372 valence electrons. The van der Waals surface area contributed by atoms with Gasteiger partial charge in [0.1, 0.15) is 29.4 Å². The van der Waals surface area contributed by atoms with Crippen LogP contribution in [-0.2, 0) is 24.4 Å². The van der Waals surface area contributed by atoms with Crippen LogP contribution in [0.5, 0.6) is 11.5 Å². The highest BCUT2D eigenvalue weighted by atomic mass is 35.5. The summed E-state index contributed by atoms with van der Waals surface area (Å²) in [5.74, 6) is -6.38.